The van der Waals surface area contributed by atoms with Gasteiger partial charge in [-0.3, -0.25) is 19.0 Å². The summed E-state index contributed by atoms with van der Waals surface area (Å²) in [5.74, 6) is -2.16. The monoisotopic (exact) mass is 448 g/mol. The highest BCUT2D eigenvalue weighted by atomic mass is 19.1. The molecule has 0 saturated heterocycles. The van der Waals surface area contributed by atoms with Crippen molar-refractivity contribution in [1.29, 1.82) is 0 Å². The molecule has 0 aliphatic carbocycles. The fourth-order valence-electron chi connectivity index (χ4n) is 3.16. The second-order valence-corrected chi connectivity index (χ2v) is 7.96. The van der Waals surface area contributed by atoms with Gasteiger partial charge in [0.2, 0.25) is 5.75 Å². The lowest BCUT2D eigenvalue weighted by Gasteiger charge is -2.32. The van der Waals surface area contributed by atoms with E-state index in [9.17, 15) is 23.9 Å². The molecule has 0 unspecified atom stereocenters. The SMILES string of the molecule is CN(C)C(=O)COc1cc(F)ccc1CNC(=O)c1nc2n(c(=O)c1O)CCOC2(C)C. The molecule has 3 rings (SSSR count). The molecule has 172 valence electrons. The van der Waals surface area contributed by atoms with Crippen molar-refractivity contribution in [2.24, 2.45) is 0 Å². The normalized spacial score (nSPS) is 14.4. The number of rotatable bonds is 6. The van der Waals surface area contributed by atoms with Crippen molar-refractivity contribution in [2.45, 2.75) is 32.5 Å². The van der Waals surface area contributed by atoms with E-state index in [1.54, 1.807) is 27.9 Å². The van der Waals surface area contributed by atoms with Gasteiger partial charge in [0.25, 0.3) is 17.4 Å². The second-order valence-electron chi connectivity index (χ2n) is 7.96. The topological polar surface area (TPSA) is 123 Å². The van der Waals surface area contributed by atoms with Gasteiger partial charge in [-0.05, 0) is 19.9 Å². The number of carbonyl (C=O) groups excluding carboxylic acids is 2. The molecule has 0 spiro atoms. The predicted molar refractivity (Wildman–Crippen MR) is 111 cm³/mol. The van der Waals surface area contributed by atoms with E-state index in [1.165, 1.54) is 21.6 Å². The van der Waals surface area contributed by atoms with Crippen LogP contribution in [0.1, 0.15) is 35.7 Å². The summed E-state index contributed by atoms with van der Waals surface area (Å²) in [7, 11) is 3.12. The first-order valence-electron chi connectivity index (χ1n) is 9.89. The lowest BCUT2D eigenvalue weighted by Crippen LogP contribution is -2.42. The van der Waals surface area contributed by atoms with Crippen LogP contribution in [0, 0.1) is 5.82 Å². The first kappa shape index (κ1) is 23.2. The number of hydrogen-bond acceptors (Lipinski definition) is 7. The molecule has 2 heterocycles. The maximum Gasteiger partial charge on any atom is 0.296 e. The van der Waals surface area contributed by atoms with Crippen LogP contribution in [-0.4, -0.2) is 58.7 Å². The van der Waals surface area contributed by atoms with E-state index in [1.807, 2.05) is 0 Å². The van der Waals surface area contributed by atoms with E-state index in [0.29, 0.717) is 5.56 Å². The Morgan fingerprint density at radius 3 is 2.78 bits per heavy atom. The number of hydrogen-bond donors (Lipinski definition) is 2. The third kappa shape index (κ3) is 4.72. The summed E-state index contributed by atoms with van der Waals surface area (Å²) in [6.07, 6.45) is 0. The van der Waals surface area contributed by atoms with Crippen molar-refractivity contribution < 1.29 is 28.6 Å². The molecule has 11 heteroatoms. The molecule has 0 radical (unpaired) electrons. The molecule has 2 aromatic rings. The molecule has 1 aliphatic rings. The minimum atomic E-state index is -0.920. The fraction of sp³-hybridized carbons (Fsp3) is 0.429. The van der Waals surface area contributed by atoms with Crippen LogP contribution in [0.4, 0.5) is 4.39 Å². The van der Waals surface area contributed by atoms with Crippen molar-refractivity contribution >= 4 is 11.8 Å². The van der Waals surface area contributed by atoms with Crippen molar-refractivity contribution in [3.05, 3.63) is 51.5 Å². The van der Waals surface area contributed by atoms with Gasteiger partial charge in [-0.25, -0.2) is 9.37 Å². The van der Waals surface area contributed by atoms with E-state index in [4.69, 9.17) is 9.47 Å². The van der Waals surface area contributed by atoms with Crippen LogP contribution < -0.4 is 15.6 Å². The van der Waals surface area contributed by atoms with Crippen LogP contribution in [0.25, 0.3) is 0 Å². The molecule has 10 nitrogen and oxygen atoms in total. The predicted octanol–water partition coefficient (Wildman–Crippen LogP) is 0.750. The number of halogens is 1. The largest absolute Gasteiger partial charge is 0.501 e. The van der Waals surface area contributed by atoms with Crippen LogP contribution >= 0.6 is 0 Å². The van der Waals surface area contributed by atoms with Gasteiger partial charge in [-0.2, -0.15) is 0 Å². The van der Waals surface area contributed by atoms with Gasteiger partial charge in [-0.15, -0.1) is 0 Å². The lowest BCUT2D eigenvalue weighted by atomic mass is 10.1. The Bertz CT molecular complexity index is 1110. The van der Waals surface area contributed by atoms with Crippen LogP contribution in [0.5, 0.6) is 11.5 Å². The number of aromatic hydroxyl groups is 1. The van der Waals surface area contributed by atoms with Gasteiger partial charge in [0.1, 0.15) is 23.0 Å². The summed E-state index contributed by atoms with van der Waals surface area (Å²) >= 11 is 0. The summed E-state index contributed by atoms with van der Waals surface area (Å²) in [5.41, 5.74) is -1.70. The van der Waals surface area contributed by atoms with Crippen LogP contribution in [0.15, 0.2) is 23.0 Å². The van der Waals surface area contributed by atoms with E-state index < -0.39 is 34.3 Å². The van der Waals surface area contributed by atoms with E-state index in [0.717, 1.165) is 6.07 Å². The number of nitrogens with one attached hydrogen (secondary N) is 1. The molecule has 0 atom stereocenters. The average Bonchev–Trinajstić information content (AvgIpc) is 2.73. The summed E-state index contributed by atoms with van der Waals surface area (Å²) in [6.45, 7) is 3.47. The average molecular weight is 448 g/mol. The number of carbonyl (C=O) groups is 2. The Morgan fingerprint density at radius 1 is 1.38 bits per heavy atom. The molecular formula is C21H25FN4O6. The lowest BCUT2D eigenvalue weighted by molar-refractivity contribution is -0.130. The highest BCUT2D eigenvalue weighted by Gasteiger charge is 2.34. The van der Waals surface area contributed by atoms with Gasteiger partial charge in [-0.1, -0.05) is 6.07 Å². The molecule has 2 N–H and O–H groups in total. The van der Waals surface area contributed by atoms with Crippen molar-refractivity contribution in [3.8, 4) is 11.5 Å². The quantitative estimate of drug-likeness (QED) is 0.669. The molecule has 1 aliphatic heterocycles. The number of benzene rings is 1. The van der Waals surface area contributed by atoms with Gasteiger partial charge < -0.3 is 24.8 Å². The molecule has 0 saturated carbocycles. The maximum atomic E-state index is 13.7. The second kappa shape index (κ2) is 8.95. The van der Waals surface area contributed by atoms with Gasteiger partial charge >= 0.3 is 0 Å². The number of amides is 2. The Balaban J connectivity index is 1.82. The summed E-state index contributed by atoms with van der Waals surface area (Å²) in [4.78, 5) is 42.5. The number of aromatic nitrogens is 2. The Kier molecular flexibility index (Phi) is 6.49. The summed E-state index contributed by atoms with van der Waals surface area (Å²) in [5, 5.41) is 12.8. The zero-order valence-electron chi connectivity index (χ0n) is 18.3. The minimum absolute atomic E-state index is 0.0812. The highest BCUT2D eigenvalue weighted by molar-refractivity contribution is 5.94. The van der Waals surface area contributed by atoms with Gasteiger partial charge in [0.15, 0.2) is 12.3 Å². The number of fused-ring (bicyclic) bond motifs is 1. The van der Waals surface area contributed by atoms with E-state index in [2.05, 4.69) is 10.3 Å². The molecule has 0 bridgehead atoms. The standard InChI is InChI=1S/C21H25FN4O6/c1-21(2)20-24-16(17(28)19(30)26(20)7-8-32-21)18(29)23-10-12-5-6-13(22)9-14(12)31-11-15(27)25(3)4/h5-6,9,28H,7-8,10-11H2,1-4H3,(H,23,29). The molecule has 2 amide bonds. The van der Waals surface area contributed by atoms with Crippen molar-refractivity contribution in [2.75, 3.05) is 27.3 Å². The number of ether oxygens (including phenoxy) is 2. The molecule has 32 heavy (non-hydrogen) atoms. The number of likely N-dealkylation sites (N-methyl/N-ethyl adjacent to an activating group) is 1. The van der Waals surface area contributed by atoms with Crippen molar-refractivity contribution in [1.82, 2.24) is 19.8 Å². The Labute approximate surface area is 183 Å². The highest BCUT2D eigenvalue weighted by Crippen LogP contribution is 2.27. The summed E-state index contributed by atoms with van der Waals surface area (Å²) < 4.78 is 26.0. The zero-order chi connectivity index (χ0) is 23.6. The van der Waals surface area contributed by atoms with Gasteiger partial charge in [0, 0.05) is 32.3 Å². The molecular weight excluding hydrogens is 423 g/mol. The van der Waals surface area contributed by atoms with Crippen molar-refractivity contribution in [3.63, 3.8) is 0 Å². The third-order valence-electron chi connectivity index (χ3n) is 5.00. The minimum Gasteiger partial charge on any atom is -0.501 e. The Morgan fingerprint density at radius 2 is 2.09 bits per heavy atom. The Hall–Kier alpha value is -3.47. The first-order valence-corrected chi connectivity index (χ1v) is 9.89. The maximum absolute atomic E-state index is 13.7. The third-order valence-corrected chi connectivity index (χ3v) is 5.00. The molecule has 0 fully saturated rings. The zero-order valence-corrected chi connectivity index (χ0v) is 18.3. The molecule has 1 aromatic carbocycles. The smallest absolute Gasteiger partial charge is 0.296 e. The van der Waals surface area contributed by atoms with Gasteiger partial charge in [0.05, 0.1) is 13.2 Å². The van der Waals surface area contributed by atoms with Crippen LogP contribution in [-0.2, 0) is 28.2 Å². The van der Waals surface area contributed by atoms with E-state index in [-0.39, 0.29) is 43.8 Å². The van der Waals surface area contributed by atoms with Crippen LogP contribution in [0.3, 0.4) is 0 Å². The molecule has 1 aromatic heterocycles. The number of nitrogens with zero attached hydrogens (tertiary/aromatic N) is 3. The summed E-state index contributed by atoms with van der Waals surface area (Å²) in [6, 6.07) is 3.69. The fourth-order valence-corrected chi connectivity index (χ4v) is 3.16. The van der Waals surface area contributed by atoms with E-state index >= 15 is 0 Å². The van der Waals surface area contributed by atoms with Crippen LogP contribution in [0.2, 0.25) is 0 Å². The first-order chi connectivity index (χ1) is 15.0.